The molecule has 0 fully saturated rings. The SMILES string of the molecule is FC(F)(F)c1nc(I)ccc1C1=CCCCC1. The average Bonchev–Trinajstić information content (AvgIpc) is 2.29. The van der Waals surface area contributed by atoms with Crippen molar-refractivity contribution in [3.8, 4) is 0 Å². The van der Waals surface area contributed by atoms with E-state index in [-0.39, 0.29) is 5.56 Å². The summed E-state index contributed by atoms with van der Waals surface area (Å²) >= 11 is 1.80. The normalized spacial score (nSPS) is 16.8. The minimum Gasteiger partial charge on any atom is -0.237 e. The number of alkyl halides is 3. The maximum absolute atomic E-state index is 12.9. The Morgan fingerprint density at radius 2 is 1.94 bits per heavy atom. The Morgan fingerprint density at radius 3 is 2.53 bits per heavy atom. The summed E-state index contributed by atoms with van der Waals surface area (Å²) in [6.45, 7) is 0. The fourth-order valence-electron chi connectivity index (χ4n) is 1.99. The molecule has 1 aliphatic rings. The summed E-state index contributed by atoms with van der Waals surface area (Å²) < 4.78 is 39.0. The third-order valence-electron chi connectivity index (χ3n) is 2.77. The number of nitrogens with zero attached hydrogens (tertiary/aromatic N) is 1. The topological polar surface area (TPSA) is 12.9 Å². The molecule has 1 heterocycles. The van der Waals surface area contributed by atoms with Crippen LogP contribution in [-0.2, 0) is 6.18 Å². The summed E-state index contributed by atoms with van der Waals surface area (Å²) in [6, 6.07) is 3.16. The van der Waals surface area contributed by atoms with Gasteiger partial charge in [-0.1, -0.05) is 6.08 Å². The van der Waals surface area contributed by atoms with Crippen molar-refractivity contribution >= 4 is 28.2 Å². The van der Waals surface area contributed by atoms with Crippen LogP contribution < -0.4 is 0 Å². The van der Waals surface area contributed by atoms with Crippen LogP contribution in [0.1, 0.15) is 36.9 Å². The van der Waals surface area contributed by atoms with E-state index in [9.17, 15) is 13.2 Å². The zero-order valence-electron chi connectivity index (χ0n) is 9.02. The molecule has 1 aliphatic carbocycles. The maximum Gasteiger partial charge on any atom is 0.433 e. The van der Waals surface area contributed by atoms with E-state index in [2.05, 4.69) is 4.98 Å². The lowest BCUT2D eigenvalue weighted by Gasteiger charge is -2.17. The minimum atomic E-state index is -4.38. The number of hydrogen-bond acceptors (Lipinski definition) is 1. The molecule has 0 aromatic carbocycles. The lowest BCUT2D eigenvalue weighted by molar-refractivity contribution is -0.141. The summed E-state index contributed by atoms with van der Waals surface area (Å²) in [5.74, 6) is 0. The quantitative estimate of drug-likeness (QED) is 0.529. The summed E-state index contributed by atoms with van der Waals surface area (Å²) in [5.41, 5.74) is 0.280. The molecule has 5 heteroatoms. The van der Waals surface area contributed by atoms with Crippen LogP contribution in [0, 0.1) is 3.70 Å². The summed E-state index contributed by atoms with van der Waals surface area (Å²) in [7, 11) is 0. The molecule has 1 aromatic heterocycles. The van der Waals surface area contributed by atoms with Crippen LogP contribution >= 0.6 is 22.6 Å². The Labute approximate surface area is 111 Å². The Kier molecular flexibility index (Phi) is 3.75. The summed E-state index contributed by atoms with van der Waals surface area (Å²) in [4.78, 5) is 3.64. The largest absolute Gasteiger partial charge is 0.433 e. The fraction of sp³-hybridized carbons (Fsp3) is 0.417. The van der Waals surface area contributed by atoms with Gasteiger partial charge in [-0.05, 0) is 66.0 Å². The van der Waals surface area contributed by atoms with E-state index in [0.717, 1.165) is 24.8 Å². The first-order valence-corrected chi connectivity index (χ1v) is 6.49. The molecule has 0 radical (unpaired) electrons. The third kappa shape index (κ3) is 3.00. The summed E-state index contributed by atoms with van der Waals surface area (Å²) in [5, 5.41) is 0. The van der Waals surface area contributed by atoms with Crippen molar-refractivity contribution in [2.45, 2.75) is 31.9 Å². The van der Waals surface area contributed by atoms with Crippen molar-refractivity contribution < 1.29 is 13.2 Å². The molecule has 0 aliphatic heterocycles. The van der Waals surface area contributed by atoms with Gasteiger partial charge >= 0.3 is 6.18 Å². The molecule has 0 bridgehead atoms. The standard InChI is InChI=1S/C12H11F3IN/c13-12(14,15)11-9(6-7-10(16)17-11)8-4-2-1-3-5-8/h4,6-7H,1-3,5H2. The molecule has 1 aromatic rings. The molecule has 0 saturated heterocycles. The number of hydrogen-bond donors (Lipinski definition) is 0. The first kappa shape index (κ1) is 12.9. The highest BCUT2D eigenvalue weighted by atomic mass is 127. The second kappa shape index (κ2) is 4.96. The fourth-order valence-corrected chi connectivity index (χ4v) is 2.41. The molecule has 0 amide bonds. The van der Waals surface area contributed by atoms with Gasteiger partial charge in [0.1, 0.15) is 3.70 Å². The van der Waals surface area contributed by atoms with Gasteiger partial charge in [0.05, 0.1) is 0 Å². The van der Waals surface area contributed by atoms with E-state index in [4.69, 9.17) is 0 Å². The Morgan fingerprint density at radius 1 is 1.18 bits per heavy atom. The lowest BCUT2D eigenvalue weighted by atomic mass is 9.92. The van der Waals surface area contributed by atoms with Gasteiger partial charge < -0.3 is 0 Å². The Balaban J connectivity index is 2.49. The molecule has 17 heavy (non-hydrogen) atoms. The molecule has 1 nitrogen and oxygen atoms in total. The highest BCUT2D eigenvalue weighted by Crippen LogP contribution is 2.36. The number of rotatable bonds is 1. The van der Waals surface area contributed by atoms with Crippen LogP contribution in [0.25, 0.3) is 5.57 Å². The van der Waals surface area contributed by atoms with Crippen molar-refractivity contribution in [2.75, 3.05) is 0 Å². The van der Waals surface area contributed by atoms with E-state index < -0.39 is 11.9 Å². The van der Waals surface area contributed by atoms with Crippen molar-refractivity contribution in [1.29, 1.82) is 0 Å². The second-order valence-electron chi connectivity index (χ2n) is 4.00. The molecule has 92 valence electrons. The van der Waals surface area contributed by atoms with Crippen LogP contribution in [0.3, 0.4) is 0 Å². The van der Waals surface area contributed by atoms with Gasteiger partial charge in [0.15, 0.2) is 5.69 Å². The molecule has 0 saturated carbocycles. The maximum atomic E-state index is 12.9. The van der Waals surface area contributed by atoms with Crippen molar-refractivity contribution in [3.63, 3.8) is 0 Å². The van der Waals surface area contributed by atoms with Crippen molar-refractivity contribution in [1.82, 2.24) is 4.98 Å². The highest BCUT2D eigenvalue weighted by Gasteiger charge is 2.36. The molecular formula is C12H11F3IN. The molecule has 0 spiro atoms. The van der Waals surface area contributed by atoms with E-state index in [0.29, 0.717) is 10.1 Å². The van der Waals surface area contributed by atoms with Gasteiger partial charge in [-0.25, -0.2) is 4.98 Å². The first-order chi connectivity index (χ1) is 7.98. The number of allylic oxidation sites excluding steroid dienone is 2. The van der Waals surface area contributed by atoms with Gasteiger partial charge in [-0.15, -0.1) is 0 Å². The van der Waals surface area contributed by atoms with Gasteiger partial charge in [0.25, 0.3) is 0 Å². The predicted octanol–water partition coefficient (Wildman–Crippen LogP) is 4.66. The Bertz CT molecular complexity index is 452. The molecule has 0 unspecified atom stereocenters. The molecule has 2 rings (SSSR count). The zero-order chi connectivity index (χ0) is 12.5. The van der Waals surface area contributed by atoms with Crippen molar-refractivity contribution in [3.05, 3.63) is 33.2 Å². The highest BCUT2D eigenvalue weighted by molar-refractivity contribution is 14.1. The lowest BCUT2D eigenvalue weighted by Crippen LogP contribution is -2.13. The zero-order valence-corrected chi connectivity index (χ0v) is 11.2. The monoisotopic (exact) mass is 353 g/mol. The van der Waals surface area contributed by atoms with Crippen molar-refractivity contribution in [2.24, 2.45) is 0 Å². The van der Waals surface area contributed by atoms with Crippen LogP contribution in [0.5, 0.6) is 0 Å². The Hall–Kier alpha value is -0.590. The molecular weight excluding hydrogens is 342 g/mol. The van der Waals surface area contributed by atoms with Crippen LogP contribution in [0.15, 0.2) is 18.2 Å². The first-order valence-electron chi connectivity index (χ1n) is 5.41. The van der Waals surface area contributed by atoms with Crippen LogP contribution in [-0.4, -0.2) is 4.98 Å². The smallest absolute Gasteiger partial charge is 0.237 e. The number of halogens is 4. The number of pyridine rings is 1. The van der Waals surface area contributed by atoms with E-state index >= 15 is 0 Å². The van der Waals surface area contributed by atoms with Gasteiger partial charge in [0.2, 0.25) is 0 Å². The third-order valence-corrected chi connectivity index (χ3v) is 3.37. The average molecular weight is 353 g/mol. The van der Waals surface area contributed by atoms with Gasteiger partial charge in [0, 0.05) is 5.56 Å². The van der Waals surface area contributed by atoms with Gasteiger partial charge in [-0.3, -0.25) is 0 Å². The number of aromatic nitrogens is 1. The van der Waals surface area contributed by atoms with E-state index in [1.807, 2.05) is 6.08 Å². The van der Waals surface area contributed by atoms with E-state index in [1.54, 1.807) is 28.7 Å². The molecule has 0 atom stereocenters. The second-order valence-corrected chi connectivity index (χ2v) is 5.11. The van der Waals surface area contributed by atoms with Crippen LogP contribution in [0.4, 0.5) is 13.2 Å². The molecule has 0 N–H and O–H groups in total. The van der Waals surface area contributed by atoms with E-state index in [1.165, 1.54) is 6.07 Å². The van der Waals surface area contributed by atoms with Gasteiger partial charge in [-0.2, -0.15) is 13.2 Å². The predicted molar refractivity (Wildman–Crippen MR) is 68.4 cm³/mol. The minimum absolute atomic E-state index is 0.248. The summed E-state index contributed by atoms with van der Waals surface area (Å²) in [6.07, 6.45) is 1.11. The van der Waals surface area contributed by atoms with Crippen LogP contribution in [0.2, 0.25) is 0 Å².